The van der Waals surface area contributed by atoms with E-state index in [1.807, 2.05) is 30.3 Å². The minimum absolute atomic E-state index is 0.0470. The Morgan fingerprint density at radius 2 is 1.75 bits per heavy atom. The highest BCUT2D eigenvalue weighted by Crippen LogP contribution is 2.19. The van der Waals surface area contributed by atoms with Crippen LogP contribution in [-0.2, 0) is 4.79 Å². The zero-order valence-corrected chi connectivity index (χ0v) is 12.0. The molecule has 0 aliphatic carbocycles. The van der Waals surface area contributed by atoms with E-state index in [-0.39, 0.29) is 17.9 Å². The first-order chi connectivity index (χ1) is 9.58. The fraction of sp³-hybridized carbons (Fsp3) is 0.467. The van der Waals surface area contributed by atoms with Crippen LogP contribution >= 0.6 is 0 Å². The number of hydrogen-bond acceptors (Lipinski definition) is 2. The van der Waals surface area contributed by atoms with Gasteiger partial charge in [0.1, 0.15) is 0 Å². The van der Waals surface area contributed by atoms with Gasteiger partial charge >= 0.3 is 6.03 Å². The number of nitrogens with one attached hydrogen (secondary N) is 1. The van der Waals surface area contributed by atoms with Gasteiger partial charge in [-0.25, -0.2) is 4.79 Å². The molecule has 0 bridgehead atoms. The van der Waals surface area contributed by atoms with Crippen molar-refractivity contribution in [3.8, 4) is 0 Å². The molecule has 108 valence electrons. The molecular formula is C15H21N3O2. The molecule has 5 nitrogen and oxygen atoms in total. The van der Waals surface area contributed by atoms with Crippen LogP contribution < -0.4 is 5.32 Å². The molecule has 0 spiro atoms. The summed E-state index contributed by atoms with van der Waals surface area (Å²) in [6.07, 6.45) is 1.47. The Morgan fingerprint density at radius 3 is 2.30 bits per heavy atom. The van der Waals surface area contributed by atoms with Crippen LogP contribution in [0.15, 0.2) is 30.3 Å². The van der Waals surface area contributed by atoms with Crippen molar-refractivity contribution in [1.29, 1.82) is 0 Å². The van der Waals surface area contributed by atoms with Crippen LogP contribution in [-0.4, -0.2) is 48.9 Å². The van der Waals surface area contributed by atoms with E-state index in [1.54, 1.807) is 23.9 Å². The van der Waals surface area contributed by atoms with Gasteiger partial charge in [0.15, 0.2) is 0 Å². The fourth-order valence-corrected chi connectivity index (χ4v) is 2.42. The lowest BCUT2D eigenvalue weighted by atomic mass is 9.96. The molecule has 1 saturated heterocycles. The van der Waals surface area contributed by atoms with Crippen LogP contribution in [0.5, 0.6) is 0 Å². The van der Waals surface area contributed by atoms with Crippen LogP contribution in [0.2, 0.25) is 0 Å². The number of urea groups is 1. The molecule has 2 rings (SSSR count). The average molecular weight is 275 g/mol. The second-order valence-corrected chi connectivity index (χ2v) is 5.29. The summed E-state index contributed by atoms with van der Waals surface area (Å²) < 4.78 is 0. The molecule has 3 amide bonds. The lowest BCUT2D eigenvalue weighted by molar-refractivity contribution is -0.134. The molecule has 20 heavy (non-hydrogen) atoms. The third kappa shape index (κ3) is 3.50. The third-order valence-corrected chi connectivity index (χ3v) is 3.60. The average Bonchev–Trinajstić information content (AvgIpc) is 2.47. The van der Waals surface area contributed by atoms with Crippen molar-refractivity contribution in [2.75, 3.05) is 32.5 Å². The predicted molar refractivity (Wildman–Crippen MR) is 78.5 cm³/mol. The molecule has 1 fully saturated rings. The van der Waals surface area contributed by atoms with Crippen LogP contribution in [0, 0.1) is 5.92 Å². The van der Waals surface area contributed by atoms with Gasteiger partial charge in [-0.3, -0.25) is 4.79 Å². The molecule has 0 radical (unpaired) electrons. The summed E-state index contributed by atoms with van der Waals surface area (Å²) in [4.78, 5) is 27.4. The normalized spacial score (nSPS) is 15.8. The molecule has 1 aliphatic rings. The van der Waals surface area contributed by atoms with E-state index in [2.05, 4.69) is 5.32 Å². The number of carbonyl (C=O) groups is 2. The Morgan fingerprint density at radius 1 is 1.15 bits per heavy atom. The minimum Gasteiger partial charge on any atom is -0.349 e. The molecule has 1 aromatic carbocycles. The lowest BCUT2D eigenvalue weighted by Gasteiger charge is -2.32. The van der Waals surface area contributed by atoms with E-state index >= 15 is 0 Å². The van der Waals surface area contributed by atoms with Crippen LogP contribution in [0.4, 0.5) is 10.5 Å². The van der Waals surface area contributed by atoms with E-state index in [0.29, 0.717) is 13.1 Å². The summed E-state index contributed by atoms with van der Waals surface area (Å²) in [6.45, 7) is 1.26. The van der Waals surface area contributed by atoms with Crippen LogP contribution in [0.25, 0.3) is 0 Å². The second-order valence-electron chi connectivity index (χ2n) is 5.29. The molecule has 0 saturated carbocycles. The fourth-order valence-electron chi connectivity index (χ4n) is 2.42. The first kappa shape index (κ1) is 14.4. The van der Waals surface area contributed by atoms with Gasteiger partial charge in [-0.2, -0.15) is 0 Å². The molecule has 1 heterocycles. The van der Waals surface area contributed by atoms with Crippen LogP contribution in [0.1, 0.15) is 12.8 Å². The number of nitrogens with zero attached hydrogens (tertiary/aromatic N) is 2. The van der Waals surface area contributed by atoms with Gasteiger partial charge in [-0.15, -0.1) is 0 Å². The predicted octanol–water partition coefficient (Wildman–Crippen LogP) is 2.02. The zero-order valence-electron chi connectivity index (χ0n) is 12.0. The van der Waals surface area contributed by atoms with Crippen molar-refractivity contribution in [1.82, 2.24) is 9.80 Å². The van der Waals surface area contributed by atoms with Crippen molar-refractivity contribution >= 4 is 17.6 Å². The topological polar surface area (TPSA) is 52.7 Å². The molecular weight excluding hydrogens is 254 g/mol. The zero-order chi connectivity index (χ0) is 14.5. The summed E-state index contributed by atoms with van der Waals surface area (Å²) in [5, 5.41) is 2.87. The highest BCUT2D eigenvalue weighted by molar-refractivity contribution is 5.89. The number of hydrogen-bond donors (Lipinski definition) is 1. The summed E-state index contributed by atoms with van der Waals surface area (Å²) in [5.74, 6) is 0.207. The van der Waals surface area contributed by atoms with Gasteiger partial charge in [0.2, 0.25) is 5.91 Å². The van der Waals surface area contributed by atoms with E-state index < -0.39 is 0 Å². The highest BCUT2D eigenvalue weighted by atomic mass is 16.2. The minimum atomic E-state index is -0.0908. The second kappa shape index (κ2) is 6.41. The molecule has 0 aromatic heterocycles. The first-order valence-electron chi connectivity index (χ1n) is 6.90. The number of piperidine rings is 1. The standard InChI is InChI=1S/C15H21N3O2/c1-17(2)14(19)12-8-10-18(11-9-12)15(20)16-13-6-4-3-5-7-13/h3-7,12H,8-11H2,1-2H3,(H,16,20). The SMILES string of the molecule is CN(C)C(=O)C1CCN(C(=O)Nc2ccccc2)CC1. The Kier molecular flexibility index (Phi) is 4.61. The highest BCUT2D eigenvalue weighted by Gasteiger charge is 2.28. The van der Waals surface area contributed by atoms with Crippen LogP contribution in [0.3, 0.4) is 0 Å². The van der Waals surface area contributed by atoms with Gasteiger partial charge in [0.25, 0.3) is 0 Å². The molecule has 5 heteroatoms. The maximum atomic E-state index is 12.1. The van der Waals surface area contributed by atoms with Crippen molar-refractivity contribution in [3.05, 3.63) is 30.3 Å². The lowest BCUT2D eigenvalue weighted by Crippen LogP contribution is -2.44. The smallest absolute Gasteiger partial charge is 0.321 e. The van der Waals surface area contributed by atoms with E-state index in [9.17, 15) is 9.59 Å². The van der Waals surface area contributed by atoms with E-state index in [4.69, 9.17) is 0 Å². The number of anilines is 1. The summed E-state index contributed by atoms with van der Waals surface area (Å²) in [7, 11) is 3.55. The van der Waals surface area contributed by atoms with E-state index in [1.165, 1.54) is 0 Å². The number of benzene rings is 1. The maximum absolute atomic E-state index is 12.1. The van der Waals surface area contributed by atoms with Gasteiger partial charge < -0.3 is 15.1 Å². The summed E-state index contributed by atoms with van der Waals surface area (Å²) >= 11 is 0. The van der Waals surface area contributed by atoms with Crippen molar-refractivity contribution in [2.45, 2.75) is 12.8 Å². The molecule has 1 aromatic rings. The van der Waals surface area contributed by atoms with E-state index in [0.717, 1.165) is 18.5 Å². The van der Waals surface area contributed by atoms with Crippen molar-refractivity contribution in [2.24, 2.45) is 5.92 Å². The largest absolute Gasteiger partial charge is 0.349 e. The monoisotopic (exact) mass is 275 g/mol. The Labute approximate surface area is 119 Å². The molecule has 0 unspecified atom stereocenters. The van der Waals surface area contributed by atoms with Gasteiger partial charge in [0.05, 0.1) is 0 Å². The van der Waals surface area contributed by atoms with Gasteiger partial charge in [0, 0.05) is 38.8 Å². The number of amides is 3. The number of likely N-dealkylation sites (tertiary alicyclic amines) is 1. The summed E-state index contributed by atoms with van der Waals surface area (Å²) in [6, 6.07) is 9.32. The maximum Gasteiger partial charge on any atom is 0.321 e. The Balaban J connectivity index is 1.84. The number of para-hydroxylation sites is 1. The molecule has 1 aliphatic heterocycles. The Bertz CT molecular complexity index is 465. The third-order valence-electron chi connectivity index (χ3n) is 3.60. The van der Waals surface area contributed by atoms with Gasteiger partial charge in [-0.1, -0.05) is 18.2 Å². The molecule has 1 N–H and O–H groups in total. The Hall–Kier alpha value is -2.04. The number of rotatable bonds is 2. The van der Waals surface area contributed by atoms with Crippen molar-refractivity contribution in [3.63, 3.8) is 0 Å². The molecule has 0 atom stereocenters. The quantitative estimate of drug-likeness (QED) is 0.897. The first-order valence-corrected chi connectivity index (χ1v) is 6.90. The summed E-state index contributed by atoms with van der Waals surface area (Å²) in [5.41, 5.74) is 0.795. The number of carbonyl (C=O) groups excluding carboxylic acids is 2. The van der Waals surface area contributed by atoms with Gasteiger partial charge in [-0.05, 0) is 25.0 Å². The van der Waals surface area contributed by atoms with Crippen molar-refractivity contribution < 1.29 is 9.59 Å².